The van der Waals surface area contributed by atoms with Gasteiger partial charge in [-0.15, -0.1) is 0 Å². The number of pyridine rings is 2. The van der Waals surface area contributed by atoms with Gasteiger partial charge >= 0.3 is 0 Å². The van der Waals surface area contributed by atoms with E-state index in [0.29, 0.717) is 22.6 Å². The molecule has 1 spiro atoms. The third kappa shape index (κ3) is 6.15. The molecule has 1 aliphatic carbocycles. The number of hydrogen-bond donors (Lipinski definition) is 0. The normalized spacial score (nSPS) is 14.2. The Morgan fingerprint density at radius 3 is 1.34 bits per heavy atom. The van der Waals surface area contributed by atoms with Crippen LogP contribution in [0.5, 0.6) is 11.5 Å². The number of nitrogens with zero attached hydrogens (tertiary/aromatic N) is 9. The van der Waals surface area contributed by atoms with E-state index in [0.717, 1.165) is 144 Å². The van der Waals surface area contributed by atoms with Crippen LogP contribution in [0, 0.1) is 29.6 Å². The Bertz CT molecular complexity index is 5460. The predicted molar refractivity (Wildman–Crippen MR) is 331 cm³/mol. The van der Waals surface area contributed by atoms with Gasteiger partial charge in [-0.3, -0.25) is 15.0 Å². The van der Waals surface area contributed by atoms with E-state index < -0.39 is 5.41 Å². The summed E-state index contributed by atoms with van der Waals surface area (Å²) in [7, 11) is 0. The lowest BCUT2D eigenvalue weighted by Crippen LogP contribution is -2.33. The van der Waals surface area contributed by atoms with E-state index in [9.17, 15) is 10.5 Å². The molecular weight excluding hydrogens is 1020 g/mol. The molecule has 9 aromatic carbocycles. The number of hydrogen-bond acceptors (Lipinski definition) is 6. The molecule has 1 atom stereocenters. The standard InChI is InChI=1S/C73H43N9O/c1-3-76-42-68-43(2)48-16-4-9-23-59(48)82(68)67-29-15-22-56-72(67)83-71-55(21-14-28-66(71)81-63-27-13-8-20-52(63)54-35-45(39-75)31-33-65(54)81)73(56)57-36-46(79-60-24-10-5-17-49(60)50-18-6-11-25-61(50)79)40-77-69(57)70-58(73)37-47(41-78-70)80-62-26-12-7-19-51(62)53-34-44(38-74)30-32-64(53)80/h3-37,40-42H,1H2,2H3. The van der Waals surface area contributed by atoms with Gasteiger partial charge in [0.15, 0.2) is 11.5 Å². The fourth-order valence-corrected chi connectivity index (χ4v) is 14.1. The number of nitriles is 2. The van der Waals surface area contributed by atoms with Crippen molar-refractivity contribution in [2.24, 2.45) is 4.99 Å². The van der Waals surface area contributed by atoms with Gasteiger partial charge in [0.1, 0.15) is 0 Å². The van der Waals surface area contributed by atoms with Crippen LogP contribution >= 0.6 is 0 Å². The minimum atomic E-state index is -1.16. The molecule has 0 fully saturated rings. The van der Waals surface area contributed by atoms with E-state index in [2.05, 4.69) is 219 Å². The lowest BCUT2D eigenvalue weighted by atomic mass is 9.66. The van der Waals surface area contributed by atoms with Crippen molar-refractivity contribution in [2.45, 2.75) is 12.3 Å². The molecule has 1 aliphatic heterocycles. The van der Waals surface area contributed by atoms with Gasteiger partial charge in [0, 0.05) is 66.2 Å². The Morgan fingerprint density at radius 1 is 0.446 bits per heavy atom. The summed E-state index contributed by atoms with van der Waals surface area (Å²) >= 11 is 0. The zero-order valence-electron chi connectivity index (χ0n) is 44.6. The molecule has 1 unspecified atom stereocenters. The molecule has 7 heterocycles. The van der Waals surface area contributed by atoms with Crippen LogP contribution in [0.3, 0.4) is 0 Å². The average Bonchev–Trinajstić information content (AvgIpc) is 3.74. The van der Waals surface area contributed by atoms with Crippen LogP contribution in [0.15, 0.2) is 236 Å². The van der Waals surface area contributed by atoms with Crippen LogP contribution in [-0.4, -0.2) is 34.5 Å². The predicted octanol–water partition coefficient (Wildman–Crippen LogP) is 16.8. The Balaban J connectivity index is 1.05. The number of aliphatic imine (C=N–C) groups is 1. The zero-order valence-corrected chi connectivity index (χ0v) is 44.6. The first-order valence-electron chi connectivity index (χ1n) is 27.5. The number of rotatable bonds is 6. The smallest absolute Gasteiger partial charge is 0.156 e. The highest BCUT2D eigenvalue weighted by Crippen LogP contribution is 2.64. The van der Waals surface area contributed by atoms with Gasteiger partial charge in [0.2, 0.25) is 0 Å². The van der Waals surface area contributed by atoms with Crippen molar-refractivity contribution in [3.05, 3.63) is 276 Å². The maximum atomic E-state index is 10.2. The van der Waals surface area contributed by atoms with Crippen LogP contribution in [0.2, 0.25) is 0 Å². The summed E-state index contributed by atoms with van der Waals surface area (Å²) in [4.78, 5) is 15.8. The number of fused-ring (bicyclic) bond motifs is 19. The first-order valence-corrected chi connectivity index (χ1v) is 27.5. The minimum absolute atomic E-state index is 0.581. The second-order valence-electron chi connectivity index (χ2n) is 21.4. The molecule has 15 aromatic rings. The Kier molecular flexibility index (Phi) is 9.61. The van der Waals surface area contributed by atoms with E-state index in [4.69, 9.17) is 14.7 Å². The summed E-state index contributed by atoms with van der Waals surface area (Å²) in [5.41, 5.74) is 17.5. The van der Waals surface area contributed by atoms with E-state index >= 15 is 0 Å². The third-order valence-electron chi connectivity index (χ3n) is 17.4. The topological polar surface area (TPSA) is 115 Å². The maximum absolute atomic E-state index is 10.2. The molecule has 0 saturated heterocycles. The first-order chi connectivity index (χ1) is 41.0. The zero-order chi connectivity index (χ0) is 55.2. The molecule has 6 aromatic heterocycles. The van der Waals surface area contributed by atoms with Crippen LogP contribution in [0.1, 0.15) is 44.6 Å². The van der Waals surface area contributed by atoms with Crippen molar-refractivity contribution >= 4 is 82.5 Å². The van der Waals surface area contributed by atoms with Crippen molar-refractivity contribution in [1.29, 1.82) is 10.5 Å². The Morgan fingerprint density at radius 2 is 0.855 bits per heavy atom. The second-order valence-corrected chi connectivity index (χ2v) is 21.4. The fraction of sp³-hybridized carbons (Fsp3) is 0.0274. The van der Waals surface area contributed by atoms with Gasteiger partial charge in [-0.1, -0.05) is 122 Å². The van der Waals surface area contributed by atoms with E-state index in [1.54, 1.807) is 6.20 Å². The molecule has 0 amide bonds. The number of ether oxygens (including phenoxy) is 1. The van der Waals surface area contributed by atoms with Crippen LogP contribution in [0.25, 0.3) is 110 Å². The molecule has 2 aliphatic rings. The summed E-state index contributed by atoms with van der Waals surface area (Å²) in [6, 6.07) is 76.7. The van der Waals surface area contributed by atoms with Gasteiger partial charge in [0.05, 0.1) is 126 Å². The Hall–Kier alpha value is -11.6. The van der Waals surface area contributed by atoms with Gasteiger partial charge in [-0.2, -0.15) is 10.5 Å². The van der Waals surface area contributed by atoms with Crippen molar-refractivity contribution in [1.82, 2.24) is 28.2 Å². The van der Waals surface area contributed by atoms with Crippen molar-refractivity contribution in [2.75, 3.05) is 0 Å². The van der Waals surface area contributed by atoms with Crippen LogP contribution in [-0.2, 0) is 5.41 Å². The first kappa shape index (κ1) is 46.3. The molecule has 10 heteroatoms. The largest absolute Gasteiger partial charge is 0.452 e. The molecular formula is C73H43N9O. The monoisotopic (exact) mass is 1060 g/mol. The summed E-state index contributed by atoms with van der Waals surface area (Å²) in [6.07, 6.45) is 7.42. The molecule has 83 heavy (non-hydrogen) atoms. The van der Waals surface area contributed by atoms with Gasteiger partial charge in [-0.25, -0.2) is 0 Å². The maximum Gasteiger partial charge on any atom is 0.156 e. The highest BCUT2D eigenvalue weighted by atomic mass is 16.5. The average molecular weight is 1060 g/mol. The van der Waals surface area contributed by atoms with E-state index in [1.165, 1.54) is 0 Å². The number of para-hydroxylation sites is 7. The molecule has 0 bridgehead atoms. The summed E-state index contributed by atoms with van der Waals surface area (Å²) in [5, 5.41) is 27.8. The molecule has 10 nitrogen and oxygen atoms in total. The molecule has 0 saturated carbocycles. The highest BCUT2D eigenvalue weighted by molar-refractivity contribution is 6.12. The van der Waals surface area contributed by atoms with Gasteiger partial charge in [0.25, 0.3) is 0 Å². The quantitative estimate of drug-likeness (QED) is 0.154. The summed E-state index contributed by atoms with van der Waals surface area (Å²) in [5.74, 6) is 1.31. The number of aromatic nitrogens is 6. The van der Waals surface area contributed by atoms with Crippen LogP contribution in [0.4, 0.5) is 0 Å². The van der Waals surface area contributed by atoms with E-state index in [1.807, 2.05) is 55.0 Å². The lowest BCUT2D eigenvalue weighted by molar-refractivity contribution is 0.432. The lowest BCUT2D eigenvalue weighted by Gasteiger charge is -2.40. The molecule has 0 N–H and O–H groups in total. The number of benzene rings is 9. The highest BCUT2D eigenvalue weighted by Gasteiger charge is 2.54. The summed E-state index contributed by atoms with van der Waals surface area (Å²) in [6.45, 7) is 6.12. The van der Waals surface area contributed by atoms with Gasteiger partial charge in [-0.05, 0) is 103 Å². The van der Waals surface area contributed by atoms with Crippen molar-refractivity contribution < 1.29 is 4.74 Å². The molecule has 17 rings (SSSR count). The SMILES string of the molecule is C=CN=Cc1c(C)c2ccccc2n1-c1cccc2c1Oc1c(-n3c4ccccc4c4cc(C#N)ccc43)cccc1C21c2cc(-n3c4ccccc4c4ccccc43)cnc2-c2ncc(-n3c4ccccc4c4cc(C#N)ccc43)cc21. The van der Waals surface area contributed by atoms with Crippen molar-refractivity contribution in [3.8, 4) is 57.8 Å². The van der Waals surface area contributed by atoms with E-state index in [-0.39, 0.29) is 0 Å². The summed E-state index contributed by atoms with van der Waals surface area (Å²) < 4.78 is 17.1. The minimum Gasteiger partial charge on any atom is -0.452 e. The molecule has 0 radical (unpaired) electrons. The van der Waals surface area contributed by atoms with Gasteiger partial charge < -0.3 is 23.0 Å². The van der Waals surface area contributed by atoms with Crippen LogP contribution < -0.4 is 4.74 Å². The fourth-order valence-electron chi connectivity index (χ4n) is 14.1. The van der Waals surface area contributed by atoms with Crippen molar-refractivity contribution in [3.63, 3.8) is 0 Å². The Labute approximate surface area is 474 Å². The number of aryl methyl sites for hydroxylation is 1. The third-order valence-corrected chi connectivity index (χ3v) is 17.4. The molecule has 386 valence electrons. The second kappa shape index (κ2) is 17.2.